The third-order valence-electron chi connectivity index (χ3n) is 6.37. The summed E-state index contributed by atoms with van der Waals surface area (Å²) in [6.07, 6.45) is -3.91. The number of fused-ring (bicyclic) bond motifs is 1. The Kier molecular flexibility index (Phi) is 7.92. The van der Waals surface area contributed by atoms with Crippen LogP contribution < -0.4 is 16.0 Å². The maximum atomic E-state index is 13.4. The number of nitrogens with zero attached hydrogens (tertiary/aromatic N) is 2. The molecule has 0 radical (unpaired) electrons. The van der Waals surface area contributed by atoms with Gasteiger partial charge in [0, 0.05) is 23.5 Å². The molecule has 5 rings (SSSR count). The molecule has 4 aromatic rings. The lowest BCUT2D eigenvalue weighted by Crippen LogP contribution is -2.30. The lowest BCUT2D eigenvalue weighted by molar-refractivity contribution is -0.137. The number of nitrogens with two attached hydrogens (primary N) is 1. The highest BCUT2D eigenvalue weighted by atomic mass is 35.5. The molecular weight excluding hydrogens is 529 g/mol. The topological polar surface area (TPSA) is 88.3 Å². The smallest absolute Gasteiger partial charge is 0.384 e. The molecule has 0 aliphatic carbocycles. The Morgan fingerprint density at radius 2 is 1.72 bits per heavy atom. The first-order valence-electron chi connectivity index (χ1n) is 11.9. The summed E-state index contributed by atoms with van der Waals surface area (Å²) in [6, 6.07) is 22.2. The first-order valence-corrected chi connectivity index (χ1v) is 11.9. The Balaban J connectivity index is 0.00000353. The second kappa shape index (κ2) is 11.2. The van der Waals surface area contributed by atoms with Gasteiger partial charge in [-0.3, -0.25) is 9.59 Å². The van der Waals surface area contributed by atoms with Gasteiger partial charge in [-0.2, -0.15) is 13.2 Å². The molecule has 2 heterocycles. The first-order chi connectivity index (χ1) is 18.2. The van der Waals surface area contributed by atoms with Crippen LogP contribution in [0.1, 0.15) is 27.2 Å². The van der Waals surface area contributed by atoms with E-state index in [0.717, 1.165) is 23.4 Å². The van der Waals surface area contributed by atoms with E-state index in [0.29, 0.717) is 41.3 Å². The zero-order valence-corrected chi connectivity index (χ0v) is 21.4. The predicted octanol–water partition coefficient (Wildman–Crippen LogP) is 6.16. The van der Waals surface area contributed by atoms with Gasteiger partial charge in [0.25, 0.3) is 5.91 Å². The van der Waals surface area contributed by atoms with Crippen molar-refractivity contribution in [2.75, 3.05) is 22.5 Å². The number of alkyl halides is 3. The van der Waals surface area contributed by atoms with Gasteiger partial charge in [-0.05, 0) is 65.6 Å². The van der Waals surface area contributed by atoms with Crippen LogP contribution in [0.25, 0.3) is 11.1 Å². The Hall–Kier alpha value is -4.37. The lowest BCUT2D eigenvalue weighted by Gasteiger charge is -2.18. The quantitative estimate of drug-likeness (QED) is 0.310. The highest BCUT2D eigenvalue weighted by Crippen LogP contribution is 2.35. The molecule has 0 bridgehead atoms. The number of nitrogen functional groups attached to an aromatic ring is 1. The molecule has 10 heteroatoms. The number of pyridine rings is 1. The van der Waals surface area contributed by atoms with Crippen LogP contribution in [0.4, 0.5) is 30.4 Å². The number of nitrogens with one attached hydrogen (secondary N) is 1. The Morgan fingerprint density at radius 3 is 2.44 bits per heavy atom. The minimum absolute atomic E-state index is 0. The van der Waals surface area contributed by atoms with Crippen LogP contribution in [0.5, 0.6) is 0 Å². The summed E-state index contributed by atoms with van der Waals surface area (Å²) in [7, 11) is 0. The maximum Gasteiger partial charge on any atom is 0.416 e. The number of amides is 2. The van der Waals surface area contributed by atoms with Crippen molar-refractivity contribution in [3.63, 3.8) is 0 Å². The summed E-state index contributed by atoms with van der Waals surface area (Å²) in [4.78, 5) is 32.0. The molecular formula is C29H24ClF3N4O2. The van der Waals surface area contributed by atoms with E-state index in [1.165, 1.54) is 6.07 Å². The second-order valence-electron chi connectivity index (χ2n) is 8.95. The number of aromatic nitrogens is 1. The monoisotopic (exact) mass is 552 g/mol. The van der Waals surface area contributed by atoms with E-state index in [-0.39, 0.29) is 30.3 Å². The molecule has 0 saturated carbocycles. The zero-order chi connectivity index (χ0) is 26.9. The summed E-state index contributed by atoms with van der Waals surface area (Å²) in [6.45, 7) is 0.472. The molecule has 0 spiro atoms. The van der Waals surface area contributed by atoms with Crippen molar-refractivity contribution < 1.29 is 22.8 Å². The molecule has 0 saturated heterocycles. The zero-order valence-electron chi connectivity index (χ0n) is 20.5. The van der Waals surface area contributed by atoms with Crippen molar-refractivity contribution in [3.8, 4) is 11.1 Å². The van der Waals surface area contributed by atoms with Gasteiger partial charge in [-0.25, -0.2) is 4.98 Å². The molecule has 6 nitrogen and oxygen atoms in total. The van der Waals surface area contributed by atoms with E-state index >= 15 is 0 Å². The molecule has 0 atom stereocenters. The fourth-order valence-electron chi connectivity index (χ4n) is 4.56. The standard InChI is InChI=1S/C29H23F3N4O2.ClH/c30-29(31,32)20-9-11-23(18-5-2-1-3-6-18)24(16-20)28(38)35-22-10-12-25-19(15-22)13-14-36(25)27(37)17-21-7-4-8-26(33)34-21;/h1-12,15-16H,13-14,17H2,(H2,33,34)(H,35,38);1H. The molecule has 3 N–H and O–H groups in total. The van der Waals surface area contributed by atoms with Crippen LogP contribution in [-0.4, -0.2) is 23.3 Å². The molecule has 0 unspecified atom stereocenters. The van der Waals surface area contributed by atoms with Gasteiger partial charge in [-0.15, -0.1) is 12.4 Å². The van der Waals surface area contributed by atoms with Crippen LogP contribution >= 0.6 is 12.4 Å². The van der Waals surface area contributed by atoms with E-state index in [9.17, 15) is 22.8 Å². The molecule has 1 aromatic heterocycles. The van der Waals surface area contributed by atoms with E-state index in [1.807, 2.05) is 0 Å². The van der Waals surface area contributed by atoms with Crippen LogP contribution in [0, 0.1) is 0 Å². The van der Waals surface area contributed by atoms with E-state index < -0.39 is 17.6 Å². The fourth-order valence-corrected chi connectivity index (χ4v) is 4.56. The van der Waals surface area contributed by atoms with Gasteiger partial charge >= 0.3 is 6.18 Å². The third-order valence-corrected chi connectivity index (χ3v) is 6.37. The average molecular weight is 553 g/mol. The van der Waals surface area contributed by atoms with Crippen LogP contribution in [0.15, 0.2) is 84.9 Å². The second-order valence-corrected chi connectivity index (χ2v) is 8.95. The third kappa shape index (κ3) is 6.04. The van der Waals surface area contributed by atoms with Gasteiger partial charge in [0.1, 0.15) is 5.82 Å². The predicted molar refractivity (Wildman–Crippen MR) is 147 cm³/mol. The van der Waals surface area contributed by atoms with Crippen LogP contribution in [0.2, 0.25) is 0 Å². The highest BCUT2D eigenvalue weighted by Gasteiger charge is 2.32. The number of hydrogen-bond acceptors (Lipinski definition) is 4. The van der Waals surface area contributed by atoms with Crippen molar-refractivity contribution in [2.24, 2.45) is 0 Å². The fraction of sp³-hybridized carbons (Fsp3) is 0.138. The maximum absolute atomic E-state index is 13.4. The summed E-state index contributed by atoms with van der Waals surface area (Å²) in [5, 5.41) is 2.73. The highest BCUT2D eigenvalue weighted by molar-refractivity contribution is 6.09. The lowest BCUT2D eigenvalue weighted by atomic mass is 9.96. The van der Waals surface area contributed by atoms with Gasteiger partial charge < -0.3 is 16.0 Å². The number of carbonyl (C=O) groups is 2. The SMILES string of the molecule is Cl.Nc1cccc(CC(=O)N2CCc3cc(NC(=O)c4cc(C(F)(F)F)ccc4-c4ccccc4)ccc32)n1. The molecule has 1 aliphatic rings. The number of anilines is 3. The van der Waals surface area contributed by atoms with E-state index in [4.69, 9.17) is 5.73 Å². The normalized spacial score (nSPS) is 12.4. The Morgan fingerprint density at radius 1 is 0.949 bits per heavy atom. The van der Waals surface area contributed by atoms with Gasteiger partial charge in [-0.1, -0.05) is 42.5 Å². The molecule has 2 amide bonds. The van der Waals surface area contributed by atoms with Crippen LogP contribution in [-0.2, 0) is 23.8 Å². The number of hydrogen-bond donors (Lipinski definition) is 2. The van der Waals surface area contributed by atoms with Gasteiger partial charge in [0.05, 0.1) is 17.7 Å². The van der Waals surface area contributed by atoms with Crippen molar-refractivity contribution in [1.29, 1.82) is 0 Å². The van der Waals surface area contributed by atoms with Crippen molar-refractivity contribution in [3.05, 3.63) is 107 Å². The molecule has 200 valence electrons. The van der Waals surface area contributed by atoms with Crippen LogP contribution in [0.3, 0.4) is 0 Å². The molecule has 1 aliphatic heterocycles. The molecule has 0 fully saturated rings. The van der Waals surface area contributed by atoms with Crippen molar-refractivity contribution in [1.82, 2.24) is 4.98 Å². The van der Waals surface area contributed by atoms with Gasteiger partial charge in [0.15, 0.2) is 0 Å². The van der Waals surface area contributed by atoms with Gasteiger partial charge in [0.2, 0.25) is 5.91 Å². The van der Waals surface area contributed by atoms with Crippen molar-refractivity contribution >= 4 is 41.4 Å². The molecule has 3 aromatic carbocycles. The minimum atomic E-state index is -4.59. The molecule has 39 heavy (non-hydrogen) atoms. The number of rotatable bonds is 5. The number of halogens is 4. The Bertz CT molecular complexity index is 1530. The van der Waals surface area contributed by atoms with Crippen molar-refractivity contribution in [2.45, 2.75) is 19.0 Å². The summed E-state index contributed by atoms with van der Waals surface area (Å²) in [5.74, 6) is -0.447. The summed E-state index contributed by atoms with van der Waals surface area (Å²) >= 11 is 0. The number of carbonyl (C=O) groups excluding carboxylic acids is 2. The largest absolute Gasteiger partial charge is 0.416 e. The average Bonchev–Trinajstić information content (AvgIpc) is 3.32. The summed E-state index contributed by atoms with van der Waals surface area (Å²) < 4.78 is 40.3. The summed E-state index contributed by atoms with van der Waals surface area (Å²) in [5.41, 5.74) is 8.32. The van der Waals surface area contributed by atoms with E-state index in [1.54, 1.807) is 71.6 Å². The minimum Gasteiger partial charge on any atom is -0.384 e. The number of benzene rings is 3. The van der Waals surface area contributed by atoms with E-state index in [2.05, 4.69) is 10.3 Å². The first kappa shape index (κ1) is 27.7. The Labute approximate surface area is 229 Å².